The normalized spacial score (nSPS) is 14.9. The monoisotopic (exact) mass is 225 g/mol. The van der Waals surface area contributed by atoms with Crippen LogP contribution in [0.3, 0.4) is 0 Å². The SMILES string of the molecule is Cc1ncnc(N(CC(=O)O)C2CC2)c1F. The number of halogens is 1. The molecule has 16 heavy (non-hydrogen) atoms. The summed E-state index contributed by atoms with van der Waals surface area (Å²) < 4.78 is 13.7. The quantitative estimate of drug-likeness (QED) is 0.827. The lowest BCUT2D eigenvalue weighted by Crippen LogP contribution is -2.33. The van der Waals surface area contributed by atoms with Gasteiger partial charge in [-0.1, -0.05) is 0 Å². The third kappa shape index (κ3) is 2.10. The molecule has 1 aliphatic carbocycles. The molecule has 6 heteroatoms. The average molecular weight is 225 g/mol. The van der Waals surface area contributed by atoms with Crippen LogP contribution >= 0.6 is 0 Å². The number of aryl methyl sites for hydroxylation is 1. The first-order chi connectivity index (χ1) is 7.59. The number of nitrogens with zero attached hydrogens (tertiary/aromatic N) is 3. The van der Waals surface area contributed by atoms with Crippen molar-refractivity contribution in [2.24, 2.45) is 0 Å². The number of aliphatic carboxylic acids is 1. The number of carboxylic acid groups (broad SMARTS) is 1. The molecule has 1 aliphatic rings. The average Bonchev–Trinajstić information content (AvgIpc) is 3.02. The number of rotatable bonds is 4. The fourth-order valence-electron chi connectivity index (χ4n) is 1.55. The van der Waals surface area contributed by atoms with Crippen molar-refractivity contribution in [3.63, 3.8) is 0 Å². The lowest BCUT2D eigenvalue weighted by molar-refractivity contribution is -0.135. The maximum absolute atomic E-state index is 13.7. The molecule has 0 spiro atoms. The van der Waals surface area contributed by atoms with Crippen LogP contribution in [0.15, 0.2) is 6.33 Å². The van der Waals surface area contributed by atoms with Crippen LogP contribution in [0.25, 0.3) is 0 Å². The summed E-state index contributed by atoms with van der Waals surface area (Å²) in [5.41, 5.74) is 0.237. The van der Waals surface area contributed by atoms with E-state index in [1.54, 1.807) is 0 Å². The van der Waals surface area contributed by atoms with E-state index in [4.69, 9.17) is 5.11 Å². The Bertz CT molecular complexity index is 421. The van der Waals surface area contributed by atoms with Gasteiger partial charge in [-0.3, -0.25) is 4.79 Å². The van der Waals surface area contributed by atoms with E-state index in [2.05, 4.69) is 9.97 Å². The first kappa shape index (κ1) is 10.8. The molecule has 0 atom stereocenters. The van der Waals surface area contributed by atoms with Gasteiger partial charge in [0.25, 0.3) is 0 Å². The molecule has 1 aromatic heterocycles. The summed E-state index contributed by atoms with van der Waals surface area (Å²) in [6.45, 7) is 1.31. The van der Waals surface area contributed by atoms with Crippen molar-refractivity contribution in [3.8, 4) is 0 Å². The first-order valence-corrected chi connectivity index (χ1v) is 5.05. The van der Waals surface area contributed by atoms with E-state index in [1.807, 2.05) is 0 Å². The fraction of sp³-hybridized carbons (Fsp3) is 0.500. The van der Waals surface area contributed by atoms with Gasteiger partial charge in [0.2, 0.25) is 0 Å². The van der Waals surface area contributed by atoms with Gasteiger partial charge in [0, 0.05) is 6.04 Å². The smallest absolute Gasteiger partial charge is 0.323 e. The topological polar surface area (TPSA) is 66.3 Å². The van der Waals surface area contributed by atoms with Crippen LogP contribution in [-0.4, -0.2) is 33.6 Å². The molecule has 1 N–H and O–H groups in total. The molecule has 1 heterocycles. The van der Waals surface area contributed by atoms with Crippen LogP contribution in [0.1, 0.15) is 18.5 Å². The van der Waals surface area contributed by atoms with E-state index in [0.29, 0.717) is 0 Å². The Morgan fingerprint density at radius 2 is 2.31 bits per heavy atom. The van der Waals surface area contributed by atoms with Gasteiger partial charge in [-0.05, 0) is 19.8 Å². The molecule has 1 fully saturated rings. The lowest BCUT2D eigenvalue weighted by atomic mass is 10.3. The minimum absolute atomic E-state index is 0.0948. The fourth-order valence-corrected chi connectivity index (χ4v) is 1.55. The predicted molar refractivity (Wildman–Crippen MR) is 54.7 cm³/mol. The Morgan fingerprint density at radius 3 is 2.88 bits per heavy atom. The Morgan fingerprint density at radius 1 is 1.62 bits per heavy atom. The second-order valence-electron chi connectivity index (χ2n) is 3.85. The molecule has 5 nitrogen and oxygen atoms in total. The molecular formula is C10H12FN3O2. The summed E-state index contributed by atoms with van der Waals surface area (Å²) in [5, 5.41) is 8.77. The lowest BCUT2D eigenvalue weighted by Gasteiger charge is -2.21. The minimum atomic E-state index is -0.984. The van der Waals surface area contributed by atoms with Crippen LogP contribution < -0.4 is 4.90 Å². The maximum Gasteiger partial charge on any atom is 0.323 e. The third-order valence-corrected chi connectivity index (χ3v) is 2.51. The zero-order valence-electron chi connectivity index (χ0n) is 8.85. The summed E-state index contributed by atoms with van der Waals surface area (Å²) in [6.07, 6.45) is 3.02. The second kappa shape index (κ2) is 4.03. The van der Waals surface area contributed by atoms with Crippen LogP contribution in [0.2, 0.25) is 0 Å². The van der Waals surface area contributed by atoms with Crippen molar-refractivity contribution >= 4 is 11.8 Å². The molecule has 1 aromatic rings. The van der Waals surface area contributed by atoms with Crippen LogP contribution in [-0.2, 0) is 4.79 Å². The molecule has 2 rings (SSSR count). The zero-order chi connectivity index (χ0) is 11.7. The molecule has 86 valence electrons. The standard InChI is InChI=1S/C10H12FN3O2/c1-6-9(11)10(13-5-12-6)14(4-8(15)16)7-2-3-7/h5,7H,2-4H2,1H3,(H,15,16). The maximum atomic E-state index is 13.7. The Balaban J connectivity index is 2.30. The van der Waals surface area contributed by atoms with E-state index >= 15 is 0 Å². The molecule has 0 unspecified atom stereocenters. The van der Waals surface area contributed by atoms with Gasteiger partial charge in [0.15, 0.2) is 11.6 Å². The van der Waals surface area contributed by atoms with Crippen molar-refractivity contribution in [1.29, 1.82) is 0 Å². The molecule has 0 saturated heterocycles. The molecule has 1 saturated carbocycles. The van der Waals surface area contributed by atoms with Crippen molar-refractivity contribution < 1.29 is 14.3 Å². The van der Waals surface area contributed by atoms with Crippen LogP contribution in [0.5, 0.6) is 0 Å². The molecule has 0 aliphatic heterocycles. The predicted octanol–water partition coefficient (Wildman–Crippen LogP) is 0.978. The summed E-state index contributed by atoms with van der Waals surface area (Å²) >= 11 is 0. The highest BCUT2D eigenvalue weighted by Gasteiger charge is 2.33. The van der Waals surface area contributed by atoms with Gasteiger partial charge in [-0.15, -0.1) is 0 Å². The molecule has 0 radical (unpaired) electrons. The third-order valence-electron chi connectivity index (χ3n) is 2.51. The molecule has 0 bridgehead atoms. The van der Waals surface area contributed by atoms with E-state index < -0.39 is 11.8 Å². The Labute approximate surface area is 91.9 Å². The first-order valence-electron chi connectivity index (χ1n) is 5.05. The van der Waals surface area contributed by atoms with Gasteiger partial charge in [-0.25, -0.2) is 14.4 Å². The highest BCUT2D eigenvalue weighted by atomic mass is 19.1. The number of carbonyl (C=O) groups is 1. The number of aromatic nitrogens is 2. The Hall–Kier alpha value is -1.72. The van der Waals surface area contributed by atoms with E-state index in [1.165, 1.54) is 18.2 Å². The summed E-state index contributed by atoms with van der Waals surface area (Å²) in [7, 11) is 0. The van der Waals surface area contributed by atoms with Crippen molar-refractivity contribution in [2.45, 2.75) is 25.8 Å². The van der Waals surface area contributed by atoms with Crippen molar-refractivity contribution in [2.75, 3.05) is 11.4 Å². The molecule has 0 aromatic carbocycles. The van der Waals surface area contributed by atoms with E-state index in [0.717, 1.165) is 12.8 Å². The molecule has 0 amide bonds. The van der Waals surface area contributed by atoms with Gasteiger partial charge < -0.3 is 10.0 Å². The van der Waals surface area contributed by atoms with Gasteiger partial charge in [0.1, 0.15) is 12.9 Å². The largest absolute Gasteiger partial charge is 0.480 e. The van der Waals surface area contributed by atoms with Crippen LogP contribution in [0.4, 0.5) is 10.2 Å². The van der Waals surface area contributed by atoms with Crippen molar-refractivity contribution in [3.05, 3.63) is 17.8 Å². The summed E-state index contributed by atoms with van der Waals surface area (Å²) in [4.78, 5) is 19.7. The minimum Gasteiger partial charge on any atom is -0.480 e. The summed E-state index contributed by atoms with van der Waals surface area (Å²) in [6, 6.07) is 0.0971. The number of hydrogen-bond acceptors (Lipinski definition) is 4. The van der Waals surface area contributed by atoms with E-state index in [-0.39, 0.29) is 24.1 Å². The second-order valence-corrected chi connectivity index (χ2v) is 3.85. The van der Waals surface area contributed by atoms with Crippen LogP contribution in [0, 0.1) is 12.7 Å². The van der Waals surface area contributed by atoms with Gasteiger partial charge >= 0.3 is 5.97 Å². The Kier molecular flexibility index (Phi) is 2.72. The van der Waals surface area contributed by atoms with Gasteiger partial charge in [-0.2, -0.15) is 0 Å². The van der Waals surface area contributed by atoms with E-state index in [9.17, 15) is 9.18 Å². The molecular weight excluding hydrogens is 213 g/mol. The highest BCUT2D eigenvalue weighted by Crippen LogP contribution is 2.31. The number of carboxylic acids is 1. The van der Waals surface area contributed by atoms with Crippen molar-refractivity contribution in [1.82, 2.24) is 9.97 Å². The highest BCUT2D eigenvalue weighted by molar-refractivity contribution is 5.73. The summed E-state index contributed by atoms with van der Waals surface area (Å²) in [5.74, 6) is -1.42. The zero-order valence-corrected chi connectivity index (χ0v) is 8.85. The van der Waals surface area contributed by atoms with Gasteiger partial charge in [0.05, 0.1) is 5.69 Å². The number of anilines is 1. The number of hydrogen-bond donors (Lipinski definition) is 1.